The molecular formula is C9H18N4O2S. The molecule has 1 aromatic heterocycles. The largest absolute Gasteiger partial charge is 0.309 e. The Balaban J connectivity index is 2.54. The highest BCUT2D eigenvalue weighted by molar-refractivity contribution is 7.89. The second-order valence-corrected chi connectivity index (χ2v) is 5.72. The fourth-order valence-electron chi connectivity index (χ4n) is 1.23. The smallest absolute Gasteiger partial charge is 0.257 e. The van der Waals surface area contributed by atoms with Gasteiger partial charge < -0.3 is 4.90 Å². The van der Waals surface area contributed by atoms with Crippen molar-refractivity contribution in [2.75, 3.05) is 20.6 Å². The SMILES string of the molecule is CC(CCN(C)C)NS(=O)(=O)c1ccn[nH]1. The first-order valence-corrected chi connectivity index (χ1v) is 6.56. The van der Waals surface area contributed by atoms with Gasteiger partial charge in [-0.05, 0) is 40.1 Å². The van der Waals surface area contributed by atoms with Crippen LogP contribution in [0.1, 0.15) is 13.3 Å². The molecule has 92 valence electrons. The average Bonchev–Trinajstić information content (AvgIpc) is 2.67. The van der Waals surface area contributed by atoms with Gasteiger partial charge in [0.2, 0.25) is 0 Å². The fourth-order valence-corrected chi connectivity index (χ4v) is 2.42. The van der Waals surface area contributed by atoms with Crippen molar-refractivity contribution in [1.29, 1.82) is 0 Å². The van der Waals surface area contributed by atoms with Crippen LogP contribution < -0.4 is 4.72 Å². The highest BCUT2D eigenvalue weighted by Gasteiger charge is 2.18. The summed E-state index contributed by atoms with van der Waals surface area (Å²) in [5, 5.41) is 6.16. The summed E-state index contributed by atoms with van der Waals surface area (Å²) in [6, 6.07) is 1.33. The lowest BCUT2D eigenvalue weighted by molar-refractivity contribution is 0.379. The van der Waals surface area contributed by atoms with Crippen molar-refractivity contribution in [3.8, 4) is 0 Å². The van der Waals surface area contributed by atoms with E-state index in [4.69, 9.17) is 0 Å². The molecule has 1 rings (SSSR count). The maximum absolute atomic E-state index is 11.8. The Morgan fingerprint density at radius 3 is 2.75 bits per heavy atom. The fraction of sp³-hybridized carbons (Fsp3) is 0.667. The van der Waals surface area contributed by atoms with Crippen LogP contribution in [0.2, 0.25) is 0 Å². The monoisotopic (exact) mass is 246 g/mol. The third-order valence-corrected chi connectivity index (χ3v) is 3.65. The molecule has 1 unspecified atom stereocenters. The summed E-state index contributed by atoms with van der Waals surface area (Å²) in [6.07, 6.45) is 2.18. The van der Waals surface area contributed by atoms with E-state index in [9.17, 15) is 8.42 Å². The Morgan fingerprint density at radius 1 is 1.56 bits per heavy atom. The lowest BCUT2D eigenvalue weighted by atomic mass is 10.2. The van der Waals surface area contributed by atoms with Crippen LogP contribution in [0.3, 0.4) is 0 Å². The van der Waals surface area contributed by atoms with Crippen molar-refractivity contribution in [2.45, 2.75) is 24.4 Å². The third-order valence-electron chi connectivity index (χ3n) is 2.13. The van der Waals surface area contributed by atoms with Crippen LogP contribution in [0.15, 0.2) is 17.3 Å². The second-order valence-electron chi connectivity index (χ2n) is 4.04. The van der Waals surface area contributed by atoms with Gasteiger partial charge in [-0.2, -0.15) is 5.10 Å². The molecule has 0 fully saturated rings. The van der Waals surface area contributed by atoms with Crippen molar-refractivity contribution >= 4 is 10.0 Å². The molecule has 7 heteroatoms. The van der Waals surface area contributed by atoms with Crippen molar-refractivity contribution in [2.24, 2.45) is 0 Å². The Labute approximate surface area is 96.1 Å². The van der Waals surface area contributed by atoms with Gasteiger partial charge >= 0.3 is 0 Å². The van der Waals surface area contributed by atoms with Crippen molar-refractivity contribution in [3.63, 3.8) is 0 Å². The Hall–Kier alpha value is -0.920. The zero-order chi connectivity index (χ0) is 12.2. The molecule has 16 heavy (non-hydrogen) atoms. The topological polar surface area (TPSA) is 78.1 Å². The molecule has 0 spiro atoms. The summed E-state index contributed by atoms with van der Waals surface area (Å²) < 4.78 is 26.1. The van der Waals surface area contributed by atoms with E-state index in [1.54, 1.807) is 0 Å². The van der Waals surface area contributed by atoms with Crippen molar-refractivity contribution in [1.82, 2.24) is 19.8 Å². The van der Waals surface area contributed by atoms with E-state index < -0.39 is 10.0 Å². The normalized spacial score (nSPS) is 14.2. The van der Waals surface area contributed by atoms with Gasteiger partial charge in [0.25, 0.3) is 10.0 Å². The Morgan fingerprint density at radius 2 is 2.25 bits per heavy atom. The van der Waals surface area contributed by atoms with Crippen LogP contribution >= 0.6 is 0 Å². The maximum atomic E-state index is 11.8. The Kier molecular flexibility index (Phi) is 4.45. The van der Waals surface area contributed by atoms with E-state index in [-0.39, 0.29) is 11.1 Å². The molecule has 0 aliphatic heterocycles. The number of hydrogen-bond donors (Lipinski definition) is 2. The lowest BCUT2D eigenvalue weighted by Gasteiger charge is -2.16. The number of hydrogen-bond acceptors (Lipinski definition) is 4. The number of aromatic nitrogens is 2. The molecule has 0 radical (unpaired) electrons. The standard InChI is InChI=1S/C9H18N4O2S/c1-8(5-7-13(2)3)12-16(14,15)9-4-6-10-11-9/h4,6,8,12H,5,7H2,1-3H3,(H,10,11). The molecule has 6 nitrogen and oxygen atoms in total. The molecule has 0 aliphatic carbocycles. The first kappa shape index (κ1) is 13.1. The maximum Gasteiger partial charge on any atom is 0.257 e. The second kappa shape index (κ2) is 5.42. The minimum atomic E-state index is -3.45. The van der Waals surface area contributed by atoms with Crippen LogP contribution in [-0.4, -0.2) is 50.2 Å². The molecule has 1 heterocycles. The van der Waals surface area contributed by atoms with Gasteiger partial charge in [0.1, 0.15) is 0 Å². The average molecular weight is 246 g/mol. The zero-order valence-electron chi connectivity index (χ0n) is 9.77. The van der Waals surface area contributed by atoms with Gasteiger partial charge in [0.15, 0.2) is 5.03 Å². The molecule has 0 saturated heterocycles. The summed E-state index contributed by atoms with van der Waals surface area (Å²) in [5.74, 6) is 0. The minimum Gasteiger partial charge on any atom is -0.309 e. The number of rotatable bonds is 6. The van der Waals surface area contributed by atoms with Crippen molar-refractivity contribution < 1.29 is 8.42 Å². The van der Waals surface area contributed by atoms with Crippen LogP contribution in [0.5, 0.6) is 0 Å². The molecule has 0 saturated carbocycles. The first-order chi connectivity index (χ1) is 7.42. The van der Waals surface area contributed by atoms with Gasteiger partial charge in [0, 0.05) is 6.04 Å². The lowest BCUT2D eigenvalue weighted by Crippen LogP contribution is -2.35. The molecule has 2 N–H and O–H groups in total. The van der Waals surface area contributed by atoms with E-state index >= 15 is 0 Å². The molecule has 1 atom stereocenters. The van der Waals surface area contributed by atoms with Gasteiger partial charge in [-0.25, -0.2) is 13.1 Å². The van der Waals surface area contributed by atoms with E-state index in [2.05, 4.69) is 14.9 Å². The molecule has 1 aromatic rings. The summed E-state index contributed by atoms with van der Waals surface area (Å²) >= 11 is 0. The highest BCUT2D eigenvalue weighted by atomic mass is 32.2. The summed E-state index contributed by atoms with van der Waals surface area (Å²) in [7, 11) is 0.458. The first-order valence-electron chi connectivity index (χ1n) is 5.08. The molecule has 0 amide bonds. The Bertz CT molecular complexity index is 399. The van der Waals surface area contributed by atoms with Gasteiger partial charge in [0.05, 0.1) is 6.20 Å². The summed E-state index contributed by atoms with van der Waals surface area (Å²) in [4.78, 5) is 2.01. The van der Waals surface area contributed by atoms with E-state index in [1.807, 2.05) is 25.9 Å². The predicted molar refractivity (Wildman–Crippen MR) is 61.5 cm³/mol. The molecular weight excluding hydrogens is 228 g/mol. The van der Waals surface area contributed by atoms with Crippen LogP contribution in [0, 0.1) is 0 Å². The highest BCUT2D eigenvalue weighted by Crippen LogP contribution is 2.04. The number of H-pyrrole nitrogens is 1. The van der Waals surface area contributed by atoms with Crippen LogP contribution in [0.4, 0.5) is 0 Å². The quantitative estimate of drug-likeness (QED) is 0.742. The van der Waals surface area contributed by atoms with Gasteiger partial charge in [-0.3, -0.25) is 5.10 Å². The number of aromatic amines is 1. The molecule has 0 aromatic carbocycles. The predicted octanol–water partition coefficient (Wildman–Crippen LogP) is 0.0282. The summed E-state index contributed by atoms with van der Waals surface area (Å²) in [6.45, 7) is 2.68. The van der Waals surface area contributed by atoms with Crippen molar-refractivity contribution in [3.05, 3.63) is 12.3 Å². The zero-order valence-corrected chi connectivity index (χ0v) is 10.6. The number of nitrogens with one attached hydrogen (secondary N) is 2. The van der Waals surface area contributed by atoms with E-state index in [0.717, 1.165) is 13.0 Å². The number of nitrogens with zero attached hydrogens (tertiary/aromatic N) is 2. The van der Waals surface area contributed by atoms with E-state index in [0.29, 0.717) is 0 Å². The van der Waals surface area contributed by atoms with Crippen LogP contribution in [0.25, 0.3) is 0 Å². The van der Waals surface area contributed by atoms with Gasteiger partial charge in [-0.1, -0.05) is 0 Å². The van der Waals surface area contributed by atoms with E-state index in [1.165, 1.54) is 12.3 Å². The number of sulfonamides is 1. The minimum absolute atomic E-state index is 0.101. The molecule has 0 aliphatic rings. The van der Waals surface area contributed by atoms with Crippen LogP contribution in [-0.2, 0) is 10.0 Å². The molecule has 0 bridgehead atoms. The summed E-state index contributed by atoms with van der Waals surface area (Å²) in [5.41, 5.74) is 0. The van der Waals surface area contributed by atoms with Gasteiger partial charge in [-0.15, -0.1) is 0 Å². The third kappa shape index (κ3) is 3.92.